The van der Waals surface area contributed by atoms with E-state index in [1.807, 2.05) is 16.9 Å². The van der Waals surface area contributed by atoms with Crippen LogP contribution in [0.3, 0.4) is 0 Å². The molecule has 3 rings (SSSR count). The summed E-state index contributed by atoms with van der Waals surface area (Å²) in [6, 6.07) is 12.9. The molecule has 0 aliphatic heterocycles. The van der Waals surface area contributed by atoms with Gasteiger partial charge in [-0.1, -0.05) is 18.2 Å². The Kier molecular flexibility index (Phi) is 6.07. The maximum atomic E-state index is 10.4. The Morgan fingerprint density at radius 2 is 1.89 bits per heavy atom. The summed E-state index contributed by atoms with van der Waals surface area (Å²) < 4.78 is 1.87. The summed E-state index contributed by atoms with van der Waals surface area (Å²) >= 11 is 0. The van der Waals surface area contributed by atoms with E-state index in [9.17, 15) is 4.79 Å². The largest absolute Gasteiger partial charge is 0.359 e. The molecule has 0 radical (unpaired) electrons. The molecule has 27 heavy (non-hydrogen) atoms. The molecule has 0 unspecified atom stereocenters. The Labute approximate surface area is 161 Å². The normalized spacial score (nSPS) is 10.8. The third-order valence-corrected chi connectivity index (χ3v) is 5.29. The van der Waals surface area contributed by atoms with Gasteiger partial charge in [0.1, 0.15) is 0 Å². The molecule has 0 aliphatic rings. The van der Waals surface area contributed by atoms with Crippen LogP contribution in [0.1, 0.15) is 39.8 Å². The van der Waals surface area contributed by atoms with Crippen molar-refractivity contribution in [2.75, 3.05) is 6.54 Å². The zero-order valence-corrected chi connectivity index (χ0v) is 16.3. The van der Waals surface area contributed by atoms with Gasteiger partial charge in [-0.15, -0.1) is 0 Å². The first-order chi connectivity index (χ1) is 13.1. The minimum absolute atomic E-state index is 0.728. The van der Waals surface area contributed by atoms with E-state index in [1.54, 1.807) is 6.20 Å². The molecule has 4 nitrogen and oxygen atoms in total. The highest BCUT2D eigenvalue weighted by atomic mass is 16.1. The van der Waals surface area contributed by atoms with Gasteiger partial charge in [0, 0.05) is 18.9 Å². The number of amides is 1. The van der Waals surface area contributed by atoms with Gasteiger partial charge in [0.25, 0.3) is 0 Å². The topological polar surface area (TPSA) is 46.9 Å². The van der Waals surface area contributed by atoms with Crippen LogP contribution in [0.4, 0.5) is 0 Å². The Morgan fingerprint density at radius 1 is 1.11 bits per heavy atom. The summed E-state index contributed by atoms with van der Waals surface area (Å²) in [5.41, 5.74) is 9.26. The number of rotatable bonds is 8. The van der Waals surface area contributed by atoms with Crippen LogP contribution in [0.25, 0.3) is 5.69 Å². The Morgan fingerprint density at radius 3 is 2.56 bits per heavy atom. The van der Waals surface area contributed by atoms with Crippen LogP contribution in [-0.4, -0.2) is 22.7 Å². The number of carbonyl (C=O) groups excluding carboxylic acids is 1. The van der Waals surface area contributed by atoms with Gasteiger partial charge in [0.15, 0.2) is 0 Å². The van der Waals surface area contributed by atoms with E-state index in [0.717, 1.165) is 37.9 Å². The van der Waals surface area contributed by atoms with Gasteiger partial charge in [0.05, 0.1) is 5.69 Å². The van der Waals surface area contributed by atoms with E-state index in [4.69, 9.17) is 0 Å². The summed E-state index contributed by atoms with van der Waals surface area (Å²) in [5, 5.41) is 7.02. The Hall–Kier alpha value is -2.88. The first kappa shape index (κ1) is 18.9. The number of aryl methyl sites for hydroxylation is 1. The smallest absolute Gasteiger partial charge is 0.207 e. The lowest BCUT2D eigenvalue weighted by atomic mass is 9.89. The number of nitrogens with one attached hydrogen (secondary N) is 1. The van der Waals surface area contributed by atoms with Gasteiger partial charge in [-0.25, -0.2) is 4.68 Å². The molecule has 0 saturated heterocycles. The quantitative estimate of drug-likeness (QED) is 0.486. The van der Waals surface area contributed by atoms with Gasteiger partial charge in [-0.3, -0.25) is 4.79 Å². The van der Waals surface area contributed by atoms with Crippen molar-refractivity contribution in [3.63, 3.8) is 0 Å². The molecule has 2 aromatic carbocycles. The fraction of sp³-hybridized carbons (Fsp3) is 0.304. The Bertz CT molecular complexity index is 896. The lowest BCUT2D eigenvalue weighted by Gasteiger charge is -2.17. The highest BCUT2D eigenvalue weighted by molar-refractivity contribution is 5.47. The second-order valence-corrected chi connectivity index (χ2v) is 7.05. The summed E-state index contributed by atoms with van der Waals surface area (Å²) in [5.74, 6) is 0. The number of hydrogen-bond donors (Lipinski definition) is 1. The minimum Gasteiger partial charge on any atom is -0.359 e. The lowest BCUT2D eigenvalue weighted by molar-refractivity contribution is -0.109. The number of aromatic nitrogens is 2. The Balaban J connectivity index is 1.76. The maximum absolute atomic E-state index is 10.4. The SMILES string of the molecule is Cc1cc(Cc2ccc(-n3cccn3)cc2)c(C)c(C)c1CCCNC=O. The number of carbonyl (C=O) groups is 1. The molecule has 0 saturated carbocycles. The summed E-state index contributed by atoms with van der Waals surface area (Å²) in [4.78, 5) is 10.4. The molecule has 0 spiro atoms. The van der Waals surface area contributed by atoms with Crippen LogP contribution in [0.2, 0.25) is 0 Å². The fourth-order valence-corrected chi connectivity index (χ4v) is 3.62. The van der Waals surface area contributed by atoms with E-state index in [1.165, 1.54) is 33.4 Å². The zero-order chi connectivity index (χ0) is 19.2. The predicted molar refractivity (Wildman–Crippen MR) is 109 cm³/mol. The van der Waals surface area contributed by atoms with E-state index < -0.39 is 0 Å². The molecule has 1 amide bonds. The second kappa shape index (κ2) is 8.67. The molecule has 1 aromatic heterocycles. The lowest BCUT2D eigenvalue weighted by Crippen LogP contribution is -2.13. The average molecular weight is 361 g/mol. The molecule has 3 aromatic rings. The molecule has 1 heterocycles. The van der Waals surface area contributed by atoms with Crippen LogP contribution in [0.5, 0.6) is 0 Å². The molecule has 140 valence electrons. The second-order valence-electron chi connectivity index (χ2n) is 7.05. The van der Waals surface area contributed by atoms with Gasteiger partial charge in [0.2, 0.25) is 6.41 Å². The first-order valence-electron chi connectivity index (χ1n) is 9.44. The van der Waals surface area contributed by atoms with Crippen molar-refractivity contribution in [1.82, 2.24) is 15.1 Å². The highest BCUT2D eigenvalue weighted by Crippen LogP contribution is 2.25. The number of hydrogen-bond acceptors (Lipinski definition) is 2. The molecular weight excluding hydrogens is 334 g/mol. The van der Waals surface area contributed by atoms with E-state index in [0.29, 0.717) is 0 Å². The van der Waals surface area contributed by atoms with Crippen LogP contribution < -0.4 is 5.32 Å². The molecule has 0 atom stereocenters. The number of benzene rings is 2. The van der Waals surface area contributed by atoms with Crippen molar-refractivity contribution in [2.24, 2.45) is 0 Å². The van der Waals surface area contributed by atoms with Gasteiger partial charge >= 0.3 is 0 Å². The van der Waals surface area contributed by atoms with Gasteiger partial charge in [-0.05, 0) is 91.6 Å². The van der Waals surface area contributed by atoms with E-state index >= 15 is 0 Å². The highest BCUT2D eigenvalue weighted by Gasteiger charge is 2.11. The van der Waals surface area contributed by atoms with Gasteiger partial charge < -0.3 is 5.32 Å². The average Bonchev–Trinajstić information content (AvgIpc) is 3.21. The van der Waals surface area contributed by atoms with Crippen molar-refractivity contribution in [3.05, 3.63) is 82.2 Å². The third-order valence-electron chi connectivity index (χ3n) is 5.29. The van der Waals surface area contributed by atoms with Crippen LogP contribution in [0, 0.1) is 20.8 Å². The third kappa shape index (κ3) is 4.45. The van der Waals surface area contributed by atoms with Crippen molar-refractivity contribution in [2.45, 2.75) is 40.0 Å². The molecular formula is C23H27N3O. The zero-order valence-electron chi connectivity index (χ0n) is 16.3. The maximum Gasteiger partial charge on any atom is 0.207 e. The van der Waals surface area contributed by atoms with Crippen molar-refractivity contribution < 1.29 is 4.79 Å². The van der Waals surface area contributed by atoms with Crippen LogP contribution >= 0.6 is 0 Å². The molecule has 4 heteroatoms. The molecule has 0 bridgehead atoms. The standard InChI is InChI=1S/C23H27N3O/c1-17-14-21(18(2)19(3)23(17)6-4-11-24-16-27)15-20-7-9-22(10-8-20)26-13-5-12-25-26/h5,7-10,12-14,16H,4,6,11,15H2,1-3H3,(H,24,27). The summed E-state index contributed by atoms with van der Waals surface area (Å²) in [7, 11) is 0. The van der Waals surface area contributed by atoms with Crippen molar-refractivity contribution in [3.8, 4) is 5.69 Å². The molecule has 1 N–H and O–H groups in total. The fourth-order valence-electron chi connectivity index (χ4n) is 3.62. The molecule has 0 fully saturated rings. The van der Waals surface area contributed by atoms with Gasteiger partial charge in [-0.2, -0.15) is 5.10 Å². The summed E-state index contributed by atoms with van der Waals surface area (Å²) in [6.45, 7) is 7.36. The van der Waals surface area contributed by atoms with Crippen molar-refractivity contribution in [1.29, 1.82) is 0 Å². The van der Waals surface area contributed by atoms with Crippen LogP contribution in [0.15, 0.2) is 48.8 Å². The first-order valence-corrected chi connectivity index (χ1v) is 9.44. The van der Waals surface area contributed by atoms with Crippen LogP contribution in [-0.2, 0) is 17.6 Å². The predicted octanol–water partition coefficient (Wildman–Crippen LogP) is 4.07. The van der Waals surface area contributed by atoms with E-state index in [-0.39, 0.29) is 0 Å². The van der Waals surface area contributed by atoms with E-state index in [2.05, 4.69) is 61.5 Å². The number of nitrogens with zero attached hydrogens (tertiary/aromatic N) is 2. The monoisotopic (exact) mass is 361 g/mol. The summed E-state index contributed by atoms with van der Waals surface area (Å²) in [6.07, 6.45) is 7.41. The minimum atomic E-state index is 0.728. The van der Waals surface area contributed by atoms with Crippen molar-refractivity contribution >= 4 is 6.41 Å². The molecule has 0 aliphatic carbocycles.